The number of nitrogens with two attached hydrogens (primary N) is 2. The molecule has 0 saturated heterocycles. The highest BCUT2D eigenvalue weighted by Crippen LogP contribution is 2.35. The number of rotatable bonds is 3. The molecule has 0 radical (unpaired) electrons. The van der Waals surface area contributed by atoms with Gasteiger partial charge in [0.05, 0.1) is 5.39 Å². The van der Waals surface area contributed by atoms with E-state index in [1.807, 2.05) is 28.8 Å². The van der Waals surface area contributed by atoms with Crippen molar-refractivity contribution in [2.75, 3.05) is 17.6 Å². The van der Waals surface area contributed by atoms with Crippen LogP contribution < -0.4 is 22.3 Å². The van der Waals surface area contributed by atoms with E-state index in [0.29, 0.717) is 24.3 Å². The number of hydrogen-bond donors (Lipinski definition) is 3. The van der Waals surface area contributed by atoms with E-state index in [0.717, 1.165) is 41.3 Å². The molecule has 2 saturated carbocycles. The molecular formula is C26H28N6O2. The summed E-state index contributed by atoms with van der Waals surface area (Å²) < 4.78 is 3.52. The van der Waals surface area contributed by atoms with Gasteiger partial charge in [-0.3, -0.25) is 9.59 Å². The summed E-state index contributed by atoms with van der Waals surface area (Å²) in [6.45, 7) is 2.77. The maximum Gasteiger partial charge on any atom is 0.260 e. The third-order valence-corrected chi connectivity index (χ3v) is 6.24. The van der Waals surface area contributed by atoms with Crippen molar-refractivity contribution in [2.24, 2.45) is 11.7 Å². The summed E-state index contributed by atoms with van der Waals surface area (Å²) in [4.78, 5) is 23.9. The lowest BCUT2D eigenvalue weighted by Crippen LogP contribution is -2.23. The molecule has 8 heteroatoms. The van der Waals surface area contributed by atoms with Gasteiger partial charge in [0.15, 0.2) is 5.82 Å². The first-order valence-corrected chi connectivity index (χ1v) is 11.7. The van der Waals surface area contributed by atoms with Crippen LogP contribution in [0.1, 0.15) is 60.3 Å². The van der Waals surface area contributed by atoms with E-state index in [-0.39, 0.29) is 16.9 Å². The number of pyridine rings is 1. The Bertz CT molecular complexity index is 1430. The smallest absolute Gasteiger partial charge is 0.260 e. The third-order valence-electron chi connectivity index (χ3n) is 6.24. The molecule has 3 aromatic rings. The number of nitrogen functional groups attached to an aromatic ring is 1. The highest BCUT2D eigenvalue weighted by Gasteiger charge is 2.27. The number of aryl methyl sites for hydroxylation is 1. The maximum absolute atomic E-state index is 13.0. The highest BCUT2D eigenvalue weighted by atomic mass is 16.1. The zero-order valence-corrected chi connectivity index (χ0v) is 19.2. The third kappa shape index (κ3) is 4.17. The molecule has 0 atom stereocenters. The molecule has 1 amide bonds. The van der Waals surface area contributed by atoms with Gasteiger partial charge in [-0.05, 0) is 55.7 Å². The Morgan fingerprint density at radius 2 is 2.06 bits per heavy atom. The number of nitrogens with one attached hydrogen (secondary N) is 1. The fraction of sp³-hybridized carbons (Fsp3) is 0.346. The number of amides is 1. The second-order valence-corrected chi connectivity index (χ2v) is 8.89. The van der Waals surface area contributed by atoms with E-state index < -0.39 is 5.91 Å². The Kier molecular flexibility index (Phi) is 5.62. The molecule has 34 heavy (non-hydrogen) atoms. The van der Waals surface area contributed by atoms with E-state index in [1.165, 1.54) is 17.5 Å². The molecule has 174 valence electrons. The van der Waals surface area contributed by atoms with E-state index in [4.69, 9.17) is 11.5 Å². The largest absolute Gasteiger partial charge is 0.381 e. The van der Waals surface area contributed by atoms with E-state index in [2.05, 4.69) is 35.2 Å². The van der Waals surface area contributed by atoms with Crippen LogP contribution in [0.2, 0.25) is 0 Å². The molecule has 5 N–H and O–H groups in total. The molecular weight excluding hydrogens is 428 g/mol. The molecule has 2 fully saturated rings. The van der Waals surface area contributed by atoms with E-state index in [9.17, 15) is 9.59 Å². The number of anilines is 2. The van der Waals surface area contributed by atoms with Crippen LogP contribution in [0.5, 0.6) is 0 Å². The summed E-state index contributed by atoms with van der Waals surface area (Å²) in [5, 5.41) is 8.74. The Hall–Kier alpha value is -3.99. The van der Waals surface area contributed by atoms with E-state index in [1.54, 1.807) is 6.20 Å². The van der Waals surface area contributed by atoms with Gasteiger partial charge in [-0.15, -0.1) is 5.10 Å². The van der Waals surface area contributed by atoms with Crippen molar-refractivity contribution in [2.45, 2.75) is 45.1 Å². The number of primary amides is 1. The summed E-state index contributed by atoms with van der Waals surface area (Å²) in [5.74, 6) is 7.24. The summed E-state index contributed by atoms with van der Waals surface area (Å²) in [6, 6.07) is 8.63. The fourth-order valence-corrected chi connectivity index (χ4v) is 4.23. The zero-order chi connectivity index (χ0) is 23.8. The first-order chi connectivity index (χ1) is 16.5. The van der Waals surface area contributed by atoms with Crippen molar-refractivity contribution < 1.29 is 4.79 Å². The Balaban J connectivity index is 0.000000159. The van der Waals surface area contributed by atoms with Crippen molar-refractivity contribution in [3.8, 4) is 11.8 Å². The lowest BCUT2D eigenvalue weighted by atomic mass is 10.0. The second kappa shape index (κ2) is 8.75. The van der Waals surface area contributed by atoms with Crippen molar-refractivity contribution in [3.63, 3.8) is 0 Å². The standard InChI is InChI=1S/C19H19NO.C7H9N5O/c1-2-16-12-15-5-3-4-14(9-8-13-6-7-13)18(15)19(21)20(16)17-10-11-17;8-5-4(6(9)13)7-10-2-1-3-12(7)11-5/h3-5,12-13,17H,2,6-7,10-11H2,1H3;1,3,10H,2H2,(H2,8,11)(H2,9,13). The van der Waals surface area contributed by atoms with Crippen LogP contribution in [0.3, 0.4) is 0 Å². The molecule has 3 aliphatic rings. The number of carbonyl (C=O) groups is 1. The zero-order valence-electron chi connectivity index (χ0n) is 19.2. The predicted molar refractivity (Wildman–Crippen MR) is 134 cm³/mol. The van der Waals surface area contributed by atoms with Gasteiger partial charge in [-0.2, -0.15) is 0 Å². The van der Waals surface area contributed by atoms with Crippen molar-refractivity contribution in [1.82, 2.24) is 14.3 Å². The van der Waals surface area contributed by atoms with Crippen LogP contribution >= 0.6 is 0 Å². The van der Waals surface area contributed by atoms with Crippen LogP contribution in [0.4, 0.5) is 11.6 Å². The van der Waals surface area contributed by atoms with Gasteiger partial charge >= 0.3 is 0 Å². The number of carbonyl (C=O) groups excluding carboxylic acids is 1. The van der Waals surface area contributed by atoms with Gasteiger partial charge in [0.25, 0.3) is 11.5 Å². The van der Waals surface area contributed by atoms with Crippen LogP contribution in [-0.2, 0) is 6.42 Å². The molecule has 2 aliphatic carbocycles. The van der Waals surface area contributed by atoms with Gasteiger partial charge in [-0.1, -0.05) is 30.9 Å². The number of fused-ring (bicyclic) bond motifs is 2. The van der Waals surface area contributed by atoms with Gasteiger partial charge < -0.3 is 21.4 Å². The normalized spacial score (nSPS) is 16.0. The van der Waals surface area contributed by atoms with Gasteiger partial charge in [-0.25, -0.2) is 4.68 Å². The molecule has 8 nitrogen and oxygen atoms in total. The quantitative estimate of drug-likeness (QED) is 0.523. The van der Waals surface area contributed by atoms with Crippen molar-refractivity contribution >= 4 is 34.5 Å². The molecule has 1 aliphatic heterocycles. The van der Waals surface area contributed by atoms with Crippen LogP contribution in [-0.4, -0.2) is 26.8 Å². The minimum absolute atomic E-state index is 0.154. The Morgan fingerprint density at radius 3 is 2.74 bits per heavy atom. The Labute approximate surface area is 197 Å². The number of hydrogen-bond acceptors (Lipinski definition) is 5. The molecule has 0 spiro atoms. The topological polar surface area (TPSA) is 121 Å². The number of nitrogens with zero attached hydrogens (tertiary/aromatic N) is 3. The van der Waals surface area contributed by atoms with Gasteiger partial charge in [0, 0.05) is 36.0 Å². The first kappa shape index (κ1) is 21.8. The van der Waals surface area contributed by atoms with Crippen LogP contribution in [0, 0.1) is 17.8 Å². The average molecular weight is 457 g/mol. The first-order valence-electron chi connectivity index (χ1n) is 11.7. The predicted octanol–water partition coefficient (Wildman–Crippen LogP) is 3.12. The SMILES string of the molecule is CCc1cc2cccc(C#CC3CC3)c2c(=O)n1C1CC1.NC(=O)c1c(N)nn2c1NCC=C2. The molecule has 1 aromatic carbocycles. The molecule has 0 unspecified atom stereocenters. The maximum atomic E-state index is 13.0. The van der Waals surface area contributed by atoms with E-state index >= 15 is 0 Å². The summed E-state index contributed by atoms with van der Waals surface area (Å²) in [6.07, 6.45) is 9.19. The number of aromatic nitrogens is 3. The second-order valence-electron chi connectivity index (χ2n) is 8.89. The number of benzene rings is 1. The van der Waals surface area contributed by atoms with Crippen LogP contribution in [0.25, 0.3) is 17.0 Å². The van der Waals surface area contributed by atoms with Gasteiger partial charge in [0.1, 0.15) is 11.4 Å². The molecule has 2 aromatic heterocycles. The highest BCUT2D eigenvalue weighted by molar-refractivity contribution is 6.02. The minimum Gasteiger partial charge on any atom is -0.381 e. The Morgan fingerprint density at radius 1 is 1.26 bits per heavy atom. The molecule has 6 rings (SSSR count). The minimum atomic E-state index is -0.568. The average Bonchev–Trinajstić information content (AvgIpc) is 3.75. The fourth-order valence-electron chi connectivity index (χ4n) is 4.23. The summed E-state index contributed by atoms with van der Waals surface area (Å²) in [7, 11) is 0. The van der Waals surface area contributed by atoms with Crippen molar-refractivity contribution in [1.29, 1.82) is 0 Å². The van der Waals surface area contributed by atoms with Gasteiger partial charge in [0.2, 0.25) is 0 Å². The summed E-state index contributed by atoms with van der Waals surface area (Å²) >= 11 is 0. The lowest BCUT2D eigenvalue weighted by molar-refractivity contribution is 0.100. The monoisotopic (exact) mass is 456 g/mol. The molecule has 0 bridgehead atoms. The van der Waals surface area contributed by atoms with Crippen LogP contribution in [0.15, 0.2) is 35.1 Å². The lowest BCUT2D eigenvalue weighted by Gasteiger charge is -2.13. The molecule has 3 heterocycles. The summed E-state index contributed by atoms with van der Waals surface area (Å²) in [5.41, 5.74) is 13.1. The van der Waals surface area contributed by atoms with Crippen molar-refractivity contribution in [3.05, 3.63) is 57.5 Å².